The number of rotatable bonds is 4. The second-order valence-electron chi connectivity index (χ2n) is 3.91. The van der Waals surface area contributed by atoms with E-state index >= 15 is 0 Å². The Hall–Kier alpha value is -1.47. The lowest BCUT2D eigenvalue weighted by Gasteiger charge is -2.04. The third-order valence-corrected chi connectivity index (χ3v) is 3.58. The van der Waals surface area contributed by atoms with Crippen molar-refractivity contribution in [3.63, 3.8) is 0 Å². The molecule has 1 aromatic heterocycles. The Bertz CT molecular complexity index is 579. The predicted octanol–water partition coefficient (Wildman–Crippen LogP) is 3.29. The van der Waals surface area contributed by atoms with Crippen LogP contribution in [-0.2, 0) is 0 Å². The molecule has 0 saturated carbocycles. The topological polar surface area (TPSA) is 66.9 Å². The number of carbonyl (C=O) groups excluding carboxylic acids is 1. The maximum atomic E-state index is 12.0. The van der Waals surface area contributed by atoms with E-state index in [0.29, 0.717) is 10.1 Å². The van der Waals surface area contributed by atoms with E-state index < -0.39 is 0 Å². The van der Waals surface area contributed by atoms with Crippen LogP contribution in [0.4, 0.5) is 10.8 Å². The molecule has 0 radical (unpaired) electrons. The van der Waals surface area contributed by atoms with Gasteiger partial charge in [0.05, 0.1) is 0 Å². The Balaban J connectivity index is 2.11. The zero-order valence-corrected chi connectivity index (χ0v) is 12.9. The van der Waals surface area contributed by atoms with Crippen LogP contribution in [0.2, 0.25) is 0 Å². The summed E-state index contributed by atoms with van der Waals surface area (Å²) in [5, 5.41) is 14.6. The van der Waals surface area contributed by atoms with Gasteiger partial charge in [-0.25, -0.2) is 0 Å². The molecule has 7 heteroatoms. The third kappa shape index (κ3) is 3.74. The van der Waals surface area contributed by atoms with Crippen molar-refractivity contribution < 1.29 is 4.79 Å². The number of hydrogen-bond acceptors (Lipinski definition) is 5. The molecule has 1 aromatic carbocycles. The molecule has 0 unspecified atom stereocenters. The van der Waals surface area contributed by atoms with Gasteiger partial charge in [-0.05, 0) is 37.6 Å². The summed E-state index contributed by atoms with van der Waals surface area (Å²) in [6, 6.07) is 5.72. The molecule has 0 aliphatic carbocycles. The summed E-state index contributed by atoms with van der Waals surface area (Å²) >= 11 is 4.63. The van der Waals surface area contributed by atoms with Crippen molar-refractivity contribution >= 4 is 44.0 Å². The Morgan fingerprint density at radius 3 is 2.84 bits per heavy atom. The van der Waals surface area contributed by atoms with E-state index in [0.717, 1.165) is 22.3 Å². The SMILES string of the molecule is CCNc1nnc(C(=O)Nc2cc(C)cc(Br)c2)s1. The highest BCUT2D eigenvalue weighted by molar-refractivity contribution is 9.10. The highest BCUT2D eigenvalue weighted by Crippen LogP contribution is 2.21. The third-order valence-electron chi connectivity index (χ3n) is 2.25. The Morgan fingerprint density at radius 1 is 1.37 bits per heavy atom. The number of nitrogens with zero attached hydrogens (tertiary/aromatic N) is 2. The van der Waals surface area contributed by atoms with Crippen molar-refractivity contribution in [1.82, 2.24) is 10.2 Å². The lowest BCUT2D eigenvalue weighted by molar-refractivity contribution is 0.102. The number of halogens is 1. The Labute approximate surface area is 123 Å². The molecule has 100 valence electrons. The second kappa shape index (κ2) is 6.12. The average Bonchev–Trinajstić information content (AvgIpc) is 2.76. The lowest BCUT2D eigenvalue weighted by atomic mass is 10.2. The minimum atomic E-state index is -0.251. The van der Waals surface area contributed by atoms with E-state index in [9.17, 15) is 4.79 Å². The number of carbonyl (C=O) groups is 1. The molecular weight excluding hydrogens is 328 g/mol. The quantitative estimate of drug-likeness (QED) is 0.896. The fourth-order valence-corrected chi connectivity index (χ4v) is 2.85. The van der Waals surface area contributed by atoms with Gasteiger partial charge in [-0.1, -0.05) is 27.3 Å². The molecule has 0 aliphatic rings. The van der Waals surface area contributed by atoms with Gasteiger partial charge in [0, 0.05) is 16.7 Å². The van der Waals surface area contributed by atoms with Gasteiger partial charge in [0.25, 0.3) is 5.91 Å². The molecule has 0 fully saturated rings. The number of nitrogens with one attached hydrogen (secondary N) is 2. The summed E-state index contributed by atoms with van der Waals surface area (Å²) in [6.07, 6.45) is 0. The van der Waals surface area contributed by atoms with Crippen molar-refractivity contribution in [2.45, 2.75) is 13.8 Å². The van der Waals surface area contributed by atoms with Gasteiger partial charge in [-0.2, -0.15) is 0 Å². The predicted molar refractivity (Wildman–Crippen MR) is 80.9 cm³/mol. The van der Waals surface area contributed by atoms with E-state index in [2.05, 4.69) is 36.8 Å². The normalized spacial score (nSPS) is 10.3. The van der Waals surface area contributed by atoms with E-state index in [1.807, 2.05) is 32.0 Å². The summed E-state index contributed by atoms with van der Waals surface area (Å²) in [7, 11) is 0. The van der Waals surface area contributed by atoms with Crippen molar-refractivity contribution in [2.75, 3.05) is 17.2 Å². The largest absolute Gasteiger partial charge is 0.360 e. The number of anilines is 2. The van der Waals surface area contributed by atoms with Crippen molar-refractivity contribution in [1.29, 1.82) is 0 Å². The van der Waals surface area contributed by atoms with E-state index in [1.165, 1.54) is 11.3 Å². The number of aryl methyl sites for hydroxylation is 1. The molecule has 2 aromatic rings. The van der Waals surface area contributed by atoms with Gasteiger partial charge in [-0.15, -0.1) is 10.2 Å². The van der Waals surface area contributed by atoms with Gasteiger partial charge in [-0.3, -0.25) is 4.79 Å². The zero-order chi connectivity index (χ0) is 13.8. The number of amides is 1. The summed E-state index contributed by atoms with van der Waals surface area (Å²) in [6.45, 7) is 4.68. The van der Waals surface area contributed by atoms with Crippen LogP contribution in [-0.4, -0.2) is 22.6 Å². The molecule has 0 saturated heterocycles. The molecule has 0 spiro atoms. The first-order valence-electron chi connectivity index (χ1n) is 5.74. The van der Waals surface area contributed by atoms with Crippen LogP contribution < -0.4 is 10.6 Å². The molecule has 1 amide bonds. The minimum absolute atomic E-state index is 0.251. The van der Waals surface area contributed by atoms with Crippen LogP contribution in [0.1, 0.15) is 22.3 Å². The molecule has 0 bridgehead atoms. The van der Waals surface area contributed by atoms with Crippen molar-refractivity contribution in [3.8, 4) is 0 Å². The van der Waals surface area contributed by atoms with Crippen LogP contribution >= 0.6 is 27.3 Å². The average molecular weight is 341 g/mol. The number of hydrogen-bond donors (Lipinski definition) is 2. The molecule has 0 atom stereocenters. The first kappa shape index (κ1) is 14.0. The smallest absolute Gasteiger partial charge is 0.286 e. The highest BCUT2D eigenvalue weighted by Gasteiger charge is 2.13. The fraction of sp³-hybridized carbons (Fsp3) is 0.250. The molecule has 19 heavy (non-hydrogen) atoms. The molecule has 2 rings (SSSR count). The summed E-state index contributed by atoms with van der Waals surface area (Å²) in [5.41, 5.74) is 1.80. The maximum Gasteiger partial charge on any atom is 0.286 e. The Kier molecular flexibility index (Phi) is 4.49. The minimum Gasteiger partial charge on any atom is -0.360 e. The fourth-order valence-electron chi connectivity index (χ4n) is 1.53. The Morgan fingerprint density at radius 2 is 2.16 bits per heavy atom. The maximum absolute atomic E-state index is 12.0. The summed E-state index contributed by atoms with van der Waals surface area (Å²) in [4.78, 5) is 12.0. The van der Waals surface area contributed by atoms with Gasteiger partial charge in [0.2, 0.25) is 10.1 Å². The van der Waals surface area contributed by atoms with E-state index in [-0.39, 0.29) is 5.91 Å². The second-order valence-corrected chi connectivity index (χ2v) is 5.81. The van der Waals surface area contributed by atoms with Crippen LogP contribution in [0.15, 0.2) is 22.7 Å². The zero-order valence-electron chi connectivity index (χ0n) is 10.5. The monoisotopic (exact) mass is 340 g/mol. The highest BCUT2D eigenvalue weighted by atomic mass is 79.9. The molecule has 5 nitrogen and oxygen atoms in total. The van der Waals surface area contributed by atoms with E-state index in [4.69, 9.17) is 0 Å². The summed E-state index contributed by atoms with van der Waals surface area (Å²) in [5.74, 6) is -0.251. The number of benzene rings is 1. The van der Waals surface area contributed by atoms with Gasteiger partial charge < -0.3 is 10.6 Å². The molecule has 1 heterocycles. The van der Waals surface area contributed by atoms with Crippen molar-refractivity contribution in [2.24, 2.45) is 0 Å². The van der Waals surface area contributed by atoms with E-state index in [1.54, 1.807) is 0 Å². The first-order valence-corrected chi connectivity index (χ1v) is 7.35. The summed E-state index contributed by atoms with van der Waals surface area (Å²) < 4.78 is 0.924. The van der Waals surface area contributed by atoms with Crippen LogP contribution in [0.25, 0.3) is 0 Å². The molecule has 2 N–H and O–H groups in total. The van der Waals surface area contributed by atoms with Crippen LogP contribution in [0.3, 0.4) is 0 Å². The number of aromatic nitrogens is 2. The van der Waals surface area contributed by atoms with Gasteiger partial charge in [0.15, 0.2) is 0 Å². The van der Waals surface area contributed by atoms with Crippen LogP contribution in [0, 0.1) is 6.92 Å². The molecular formula is C12H13BrN4OS. The lowest BCUT2D eigenvalue weighted by Crippen LogP contribution is -2.11. The van der Waals surface area contributed by atoms with Gasteiger partial charge >= 0.3 is 0 Å². The molecule has 0 aliphatic heterocycles. The standard InChI is InChI=1S/C12H13BrN4OS/c1-3-14-12-17-16-11(19-12)10(18)15-9-5-7(2)4-8(13)6-9/h4-6H,3H2,1-2H3,(H,14,17)(H,15,18). The van der Waals surface area contributed by atoms with Crippen LogP contribution in [0.5, 0.6) is 0 Å². The van der Waals surface area contributed by atoms with Gasteiger partial charge in [0.1, 0.15) is 0 Å². The van der Waals surface area contributed by atoms with Crippen molar-refractivity contribution in [3.05, 3.63) is 33.2 Å². The first-order chi connectivity index (χ1) is 9.08.